The molecule has 0 spiro atoms. The number of aryl methyl sites for hydroxylation is 1. The lowest BCUT2D eigenvalue weighted by Crippen LogP contribution is -2.43. The Kier molecular flexibility index (Phi) is 5.99. The van der Waals surface area contributed by atoms with Crippen molar-refractivity contribution in [2.45, 2.75) is 44.3 Å². The fourth-order valence-electron chi connectivity index (χ4n) is 3.95. The lowest BCUT2D eigenvalue weighted by atomic mass is 9.91. The Balaban J connectivity index is 1.64. The second-order valence-electron chi connectivity index (χ2n) is 7.73. The summed E-state index contributed by atoms with van der Waals surface area (Å²) in [7, 11) is 0. The van der Waals surface area contributed by atoms with E-state index in [1.165, 1.54) is 0 Å². The van der Waals surface area contributed by atoms with Gasteiger partial charge in [-0.1, -0.05) is 12.8 Å². The summed E-state index contributed by atoms with van der Waals surface area (Å²) in [5, 5.41) is 11.1. The zero-order chi connectivity index (χ0) is 22.0. The maximum atomic E-state index is 14.7. The average molecular weight is 429 g/mol. The first-order chi connectivity index (χ1) is 15.0. The van der Waals surface area contributed by atoms with Crippen LogP contribution in [-0.2, 0) is 6.54 Å². The highest BCUT2D eigenvalue weighted by Crippen LogP contribution is 2.28. The van der Waals surface area contributed by atoms with Gasteiger partial charge in [0.25, 0.3) is 5.91 Å². The number of hydrogen-bond acceptors (Lipinski definition) is 6. The summed E-state index contributed by atoms with van der Waals surface area (Å²) in [5.41, 5.74) is 12.9. The Labute approximate surface area is 178 Å². The van der Waals surface area contributed by atoms with Crippen molar-refractivity contribution in [3.63, 3.8) is 0 Å². The topological polar surface area (TPSA) is 124 Å². The van der Waals surface area contributed by atoms with E-state index in [1.807, 2.05) is 0 Å². The van der Waals surface area contributed by atoms with Gasteiger partial charge in [0.2, 0.25) is 0 Å². The van der Waals surface area contributed by atoms with Crippen LogP contribution in [-0.4, -0.2) is 39.4 Å². The molecule has 1 aliphatic rings. The molecule has 8 nitrogen and oxygen atoms in total. The summed E-state index contributed by atoms with van der Waals surface area (Å²) in [6.45, 7) is -0.349. The maximum absolute atomic E-state index is 14.7. The summed E-state index contributed by atoms with van der Waals surface area (Å²) in [6.07, 6.45) is 5.36. The van der Waals surface area contributed by atoms with E-state index < -0.39 is 18.4 Å². The largest absolute Gasteiger partial charge is 0.365 e. The third-order valence-electron chi connectivity index (χ3n) is 5.58. The highest BCUT2D eigenvalue weighted by atomic mass is 19.1. The molecule has 1 aliphatic carbocycles. The van der Waals surface area contributed by atoms with Gasteiger partial charge in [0.15, 0.2) is 11.6 Å². The van der Waals surface area contributed by atoms with Crippen molar-refractivity contribution in [3.05, 3.63) is 41.8 Å². The van der Waals surface area contributed by atoms with Crippen LogP contribution in [0.3, 0.4) is 0 Å². The molecule has 2 atom stereocenters. The van der Waals surface area contributed by atoms with Crippen molar-refractivity contribution in [1.82, 2.24) is 14.8 Å². The molecule has 31 heavy (non-hydrogen) atoms. The quantitative estimate of drug-likeness (QED) is 0.458. The minimum Gasteiger partial charge on any atom is -0.365 e. The zero-order valence-electron chi connectivity index (χ0n) is 16.9. The van der Waals surface area contributed by atoms with Crippen LogP contribution in [0.15, 0.2) is 30.5 Å². The van der Waals surface area contributed by atoms with E-state index in [9.17, 15) is 13.6 Å². The molecule has 1 fully saturated rings. The summed E-state index contributed by atoms with van der Waals surface area (Å²) in [6, 6.07) is 6.21. The smallest absolute Gasteiger partial charge is 0.252 e. The third-order valence-corrected chi connectivity index (χ3v) is 5.58. The van der Waals surface area contributed by atoms with Crippen LogP contribution in [0.25, 0.3) is 10.9 Å². The van der Waals surface area contributed by atoms with E-state index in [4.69, 9.17) is 11.5 Å². The number of primary amides is 1. The molecule has 4 rings (SSSR count). The number of carbonyl (C=O) groups excluding carboxylic acids is 1. The molecule has 2 aromatic heterocycles. The van der Waals surface area contributed by atoms with Crippen LogP contribution in [0.4, 0.5) is 26.1 Å². The van der Waals surface area contributed by atoms with E-state index in [0.29, 0.717) is 5.69 Å². The third kappa shape index (κ3) is 4.43. The monoisotopic (exact) mass is 429 g/mol. The van der Waals surface area contributed by atoms with Crippen molar-refractivity contribution in [2.75, 3.05) is 17.3 Å². The maximum Gasteiger partial charge on any atom is 0.252 e. The predicted molar refractivity (Wildman–Crippen MR) is 116 cm³/mol. The molecule has 1 amide bonds. The molecule has 1 saturated carbocycles. The van der Waals surface area contributed by atoms with Crippen LogP contribution >= 0.6 is 0 Å². The fraction of sp³-hybridized carbons (Fsp3) is 0.381. The molecule has 6 N–H and O–H groups in total. The summed E-state index contributed by atoms with van der Waals surface area (Å²) in [5.74, 6) is -1.31. The van der Waals surface area contributed by atoms with E-state index in [-0.39, 0.29) is 35.8 Å². The van der Waals surface area contributed by atoms with Gasteiger partial charge >= 0.3 is 0 Å². The number of aromatic nitrogens is 3. The van der Waals surface area contributed by atoms with Gasteiger partial charge in [-0.2, -0.15) is 5.10 Å². The molecule has 3 aromatic rings. The van der Waals surface area contributed by atoms with Gasteiger partial charge in [0.1, 0.15) is 12.5 Å². The van der Waals surface area contributed by atoms with Crippen molar-refractivity contribution >= 4 is 34.1 Å². The lowest BCUT2D eigenvalue weighted by Gasteiger charge is -2.30. The Bertz CT molecular complexity index is 1100. The van der Waals surface area contributed by atoms with Gasteiger partial charge in [0.05, 0.1) is 23.8 Å². The normalized spacial score (nSPS) is 18.8. The van der Waals surface area contributed by atoms with Gasteiger partial charge < -0.3 is 22.1 Å². The molecule has 2 heterocycles. The lowest BCUT2D eigenvalue weighted by molar-refractivity contribution is 0.100. The molecule has 1 unspecified atom stereocenters. The van der Waals surface area contributed by atoms with E-state index in [0.717, 1.165) is 42.7 Å². The van der Waals surface area contributed by atoms with Crippen LogP contribution < -0.4 is 22.1 Å². The second kappa shape index (κ2) is 8.84. The highest BCUT2D eigenvalue weighted by Gasteiger charge is 2.24. The van der Waals surface area contributed by atoms with Crippen LogP contribution in [0.1, 0.15) is 36.0 Å². The zero-order valence-corrected chi connectivity index (χ0v) is 16.9. The number of pyridine rings is 1. The van der Waals surface area contributed by atoms with Crippen LogP contribution in [0.2, 0.25) is 0 Å². The number of hydrogen-bond donors (Lipinski definition) is 4. The number of alkyl halides is 1. The molecule has 10 heteroatoms. The van der Waals surface area contributed by atoms with Crippen molar-refractivity contribution in [2.24, 2.45) is 11.5 Å². The van der Waals surface area contributed by atoms with Crippen molar-refractivity contribution in [1.29, 1.82) is 0 Å². The molecular weight excluding hydrogens is 404 g/mol. The van der Waals surface area contributed by atoms with Gasteiger partial charge in [-0.3, -0.25) is 9.48 Å². The Morgan fingerprint density at radius 1 is 1.23 bits per heavy atom. The van der Waals surface area contributed by atoms with Crippen LogP contribution in [0, 0.1) is 5.82 Å². The molecule has 0 saturated heterocycles. The number of rotatable bonds is 7. The Morgan fingerprint density at radius 3 is 2.77 bits per heavy atom. The minimum atomic E-state index is -0.799. The van der Waals surface area contributed by atoms with Gasteiger partial charge in [-0.25, -0.2) is 13.8 Å². The summed E-state index contributed by atoms with van der Waals surface area (Å²) >= 11 is 0. The predicted octanol–water partition coefficient (Wildman–Crippen LogP) is 3.06. The van der Waals surface area contributed by atoms with Gasteiger partial charge in [-0.15, -0.1) is 0 Å². The summed E-state index contributed by atoms with van der Waals surface area (Å²) in [4.78, 5) is 16.2. The Hall–Kier alpha value is -3.27. The first-order valence-corrected chi connectivity index (χ1v) is 10.3. The minimum absolute atomic E-state index is 0.0201. The SMILES string of the molecule is NC(=O)c1cc(F)c(NC2CCCC[C@@H]2N)nc1Nc1ccc2c(cnn2CCF)c1. The number of anilines is 3. The number of nitrogens with one attached hydrogen (secondary N) is 2. The number of carbonyl (C=O) groups is 1. The van der Waals surface area contributed by atoms with Crippen molar-refractivity contribution in [3.8, 4) is 0 Å². The first kappa shape index (κ1) is 21.0. The van der Waals surface area contributed by atoms with E-state index in [1.54, 1.807) is 29.1 Å². The molecule has 1 aromatic carbocycles. The highest BCUT2D eigenvalue weighted by molar-refractivity contribution is 5.99. The summed E-state index contributed by atoms with van der Waals surface area (Å²) < 4.78 is 28.9. The molecule has 0 aliphatic heterocycles. The van der Waals surface area contributed by atoms with E-state index in [2.05, 4.69) is 20.7 Å². The number of fused-ring (bicyclic) bond motifs is 1. The fourth-order valence-corrected chi connectivity index (χ4v) is 3.95. The average Bonchev–Trinajstić information content (AvgIpc) is 3.14. The Morgan fingerprint density at radius 2 is 2.03 bits per heavy atom. The molecular formula is C21H25F2N7O. The molecule has 164 valence electrons. The van der Waals surface area contributed by atoms with E-state index >= 15 is 0 Å². The van der Waals surface area contributed by atoms with Crippen molar-refractivity contribution < 1.29 is 13.6 Å². The number of benzene rings is 1. The number of nitrogens with zero attached hydrogens (tertiary/aromatic N) is 3. The van der Waals surface area contributed by atoms with Gasteiger partial charge in [-0.05, 0) is 37.1 Å². The van der Waals surface area contributed by atoms with Crippen LogP contribution in [0.5, 0.6) is 0 Å². The first-order valence-electron chi connectivity index (χ1n) is 10.3. The standard InChI is InChI=1S/C21H25F2N7O/c22-7-8-30-18-6-5-13(9-12(18)11-26-30)27-20-14(19(25)31)10-15(23)21(29-20)28-17-4-2-1-3-16(17)24/h5-6,9-11,16-17H,1-4,7-8,24H2,(H2,25,31)(H2,27,28,29)/t16-,17?/m0/s1. The van der Waals surface area contributed by atoms with Gasteiger partial charge in [0, 0.05) is 23.2 Å². The number of halogens is 2. The number of nitrogens with two attached hydrogens (primary N) is 2. The molecule has 0 bridgehead atoms. The second-order valence-corrected chi connectivity index (χ2v) is 7.73. The number of amides is 1. The molecule has 0 radical (unpaired) electrons.